The molecule has 0 radical (unpaired) electrons. The van der Waals surface area contributed by atoms with Gasteiger partial charge in [-0.1, -0.05) is 6.07 Å². The van der Waals surface area contributed by atoms with Gasteiger partial charge in [-0.15, -0.1) is 0 Å². The monoisotopic (exact) mass is 476 g/mol. The van der Waals surface area contributed by atoms with Crippen LogP contribution in [-0.2, 0) is 6.54 Å². The van der Waals surface area contributed by atoms with Gasteiger partial charge in [-0.3, -0.25) is 9.88 Å². The van der Waals surface area contributed by atoms with E-state index in [1.54, 1.807) is 19.4 Å². The number of aromatic nitrogens is 2. The largest absolute Gasteiger partial charge is 0.486 e. The van der Waals surface area contributed by atoms with Gasteiger partial charge in [0, 0.05) is 49.0 Å². The fourth-order valence-electron chi connectivity index (χ4n) is 5.91. The molecule has 2 bridgehead atoms. The van der Waals surface area contributed by atoms with Gasteiger partial charge in [0.2, 0.25) is 5.88 Å². The Morgan fingerprint density at radius 2 is 1.89 bits per heavy atom. The quantitative estimate of drug-likeness (QED) is 0.537. The van der Waals surface area contributed by atoms with Crippen molar-refractivity contribution in [3.63, 3.8) is 0 Å². The highest BCUT2D eigenvalue weighted by atomic mass is 16.6. The second-order valence-electron chi connectivity index (χ2n) is 9.75. The molecule has 2 N–H and O–H groups in total. The highest BCUT2D eigenvalue weighted by Crippen LogP contribution is 2.38. The Balaban J connectivity index is 1.10. The van der Waals surface area contributed by atoms with E-state index in [0.717, 1.165) is 42.0 Å². The van der Waals surface area contributed by atoms with Crippen LogP contribution in [0.15, 0.2) is 42.6 Å². The van der Waals surface area contributed by atoms with Crippen molar-refractivity contribution in [3.8, 4) is 17.4 Å². The van der Waals surface area contributed by atoms with E-state index in [0.29, 0.717) is 49.3 Å². The molecule has 5 heterocycles. The summed E-state index contributed by atoms with van der Waals surface area (Å²) in [6.45, 7) is 2.65. The molecule has 3 unspecified atom stereocenters. The number of piperidine rings is 1. The third kappa shape index (κ3) is 4.53. The molecule has 1 aromatic carbocycles. The lowest BCUT2D eigenvalue weighted by Gasteiger charge is -2.40. The third-order valence-corrected chi connectivity index (χ3v) is 7.63. The molecule has 3 aliphatic rings. The van der Waals surface area contributed by atoms with Crippen LogP contribution in [0.1, 0.15) is 42.9 Å². The summed E-state index contributed by atoms with van der Waals surface area (Å²) in [5.74, 6) is 2.21. The number of nitrogens with one attached hydrogen (secondary N) is 1. The molecule has 2 aromatic heterocycles. The average Bonchev–Trinajstić information content (AvgIpc) is 3.12. The Kier molecular flexibility index (Phi) is 6.18. The zero-order chi connectivity index (χ0) is 23.8. The molecule has 2 fully saturated rings. The van der Waals surface area contributed by atoms with E-state index in [1.165, 1.54) is 18.4 Å². The molecule has 0 aliphatic carbocycles. The lowest BCUT2D eigenvalue weighted by molar-refractivity contribution is 0.0521. The SMILES string of the molecule is COc1ccc2nccc(C(O)CN3C4CCC3CC(NCc3ccc5c(c3)OCCO5)C4)c2n1. The maximum Gasteiger partial charge on any atom is 0.213 e. The first-order valence-electron chi connectivity index (χ1n) is 12.5. The fourth-order valence-corrected chi connectivity index (χ4v) is 5.91. The number of ether oxygens (including phenoxy) is 3. The van der Waals surface area contributed by atoms with Crippen LogP contribution in [0.3, 0.4) is 0 Å². The molecule has 2 saturated heterocycles. The number of nitrogens with zero attached hydrogens (tertiary/aromatic N) is 3. The summed E-state index contributed by atoms with van der Waals surface area (Å²) in [5.41, 5.74) is 3.51. The number of rotatable bonds is 7. The predicted molar refractivity (Wildman–Crippen MR) is 132 cm³/mol. The first kappa shape index (κ1) is 22.5. The highest BCUT2D eigenvalue weighted by molar-refractivity contribution is 5.78. The first-order valence-corrected chi connectivity index (χ1v) is 12.5. The second-order valence-corrected chi connectivity index (χ2v) is 9.75. The van der Waals surface area contributed by atoms with Gasteiger partial charge in [0.05, 0.1) is 24.2 Å². The lowest BCUT2D eigenvalue weighted by Crippen LogP contribution is -2.50. The molecule has 184 valence electrons. The van der Waals surface area contributed by atoms with Crippen LogP contribution < -0.4 is 19.5 Å². The minimum absolute atomic E-state index is 0.474. The van der Waals surface area contributed by atoms with E-state index < -0.39 is 6.10 Å². The van der Waals surface area contributed by atoms with Gasteiger partial charge in [-0.05, 0) is 55.5 Å². The normalized spacial score (nSPS) is 24.5. The van der Waals surface area contributed by atoms with Gasteiger partial charge < -0.3 is 24.6 Å². The van der Waals surface area contributed by atoms with Crippen molar-refractivity contribution in [1.29, 1.82) is 0 Å². The molecule has 3 aliphatic heterocycles. The van der Waals surface area contributed by atoms with E-state index in [4.69, 9.17) is 14.2 Å². The minimum Gasteiger partial charge on any atom is -0.486 e. The van der Waals surface area contributed by atoms with Gasteiger partial charge in [-0.25, -0.2) is 4.98 Å². The summed E-state index contributed by atoms with van der Waals surface area (Å²) >= 11 is 0. The van der Waals surface area contributed by atoms with Gasteiger partial charge >= 0.3 is 0 Å². The molecule has 0 saturated carbocycles. The van der Waals surface area contributed by atoms with E-state index >= 15 is 0 Å². The van der Waals surface area contributed by atoms with Crippen molar-refractivity contribution in [1.82, 2.24) is 20.2 Å². The molecule has 3 atom stereocenters. The first-order chi connectivity index (χ1) is 17.2. The summed E-state index contributed by atoms with van der Waals surface area (Å²) in [4.78, 5) is 11.5. The van der Waals surface area contributed by atoms with Crippen molar-refractivity contribution in [2.45, 2.75) is 56.5 Å². The maximum absolute atomic E-state index is 11.2. The summed E-state index contributed by atoms with van der Waals surface area (Å²) in [5, 5.41) is 15.0. The number of aliphatic hydroxyl groups excluding tert-OH is 1. The Morgan fingerprint density at radius 3 is 2.69 bits per heavy atom. The number of aliphatic hydroxyl groups is 1. The molecule has 6 rings (SSSR count). The Labute approximate surface area is 205 Å². The van der Waals surface area contributed by atoms with E-state index in [1.807, 2.05) is 18.2 Å². The highest BCUT2D eigenvalue weighted by Gasteiger charge is 2.41. The third-order valence-electron chi connectivity index (χ3n) is 7.63. The van der Waals surface area contributed by atoms with Crippen LogP contribution in [0.25, 0.3) is 11.0 Å². The number of hydrogen-bond acceptors (Lipinski definition) is 8. The molecule has 0 spiro atoms. The Bertz CT molecular complexity index is 1190. The Hall–Kier alpha value is -2.94. The van der Waals surface area contributed by atoms with Gasteiger partial charge in [0.25, 0.3) is 0 Å². The molecule has 0 amide bonds. The van der Waals surface area contributed by atoms with Crippen LogP contribution in [-0.4, -0.2) is 65.0 Å². The van der Waals surface area contributed by atoms with Gasteiger partial charge in [0.15, 0.2) is 11.5 Å². The fraction of sp³-hybridized carbons (Fsp3) is 0.481. The van der Waals surface area contributed by atoms with Crippen LogP contribution >= 0.6 is 0 Å². The summed E-state index contributed by atoms with van der Waals surface area (Å²) in [6, 6.07) is 13.2. The molecular formula is C27H32N4O4. The standard InChI is InChI=1S/C27H32N4O4/c1-33-26-7-5-22-27(30-26)21(8-9-28-22)23(32)16-31-19-3-4-20(31)14-18(13-19)29-15-17-2-6-24-25(12-17)35-11-10-34-24/h2,5-9,12,18-20,23,29,32H,3-4,10-11,13-16H2,1H3. The number of methoxy groups -OCH3 is 1. The summed E-state index contributed by atoms with van der Waals surface area (Å²) in [6.07, 6.45) is 5.68. The predicted octanol–water partition coefficient (Wildman–Crippen LogP) is 3.23. The van der Waals surface area contributed by atoms with Crippen molar-refractivity contribution in [3.05, 3.63) is 53.7 Å². The minimum atomic E-state index is -0.620. The summed E-state index contributed by atoms with van der Waals surface area (Å²) < 4.78 is 16.7. The topological polar surface area (TPSA) is 89.0 Å². The van der Waals surface area contributed by atoms with Crippen molar-refractivity contribution < 1.29 is 19.3 Å². The van der Waals surface area contributed by atoms with E-state index in [-0.39, 0.29) is 0 Å². The molecule has 3 aromatic rings. The maximum atomic E-state index is 11.2. The number of pyridine rings is 2. The zero-order valence-electron chi connectivity index (χ0n) is 20.0. The molecular weight excluding hydrogens is 444 g/mol. The number of benzene rings is 1. The molecule has 8 heteroatoms. The van der Waals surface area contributed by atoms with Crippen LogP contribution in [0.2, 0.25) is 0 Å². The van der Waals surface area contributed by atoms with Crippen LogP contribution in [0.5, 0.6) is 17.4 Å². The van der Waals surface area contributed by atoms with Crippen molar-refractivity contribution >= 4 is 11.0 Å². The lowest BCUT2D eigenvalue weighted by atomic mass is 9.95. The average molecular weight is 477 g/mol. The van der Waals surface area contributed by atoms with Crippen molar-refractivity contribution in [2.75, 3.05) is 26.9 Å². The second kappa shape index (κ2) is 9.60. The number of hydrogen-bond donors (Lipinski definition) is 2. The van der Waals surface area contributed by atoms with Gasteiger partial charge in [-0.2, -0.15) is 0 Å². The molecule has 8 nitrogen and oxygen atoms in total. The Morgan fingerprint density at radius 1 is 1.09 bits per heavy atom. The smallest absolute Gasteiger partial charge is 0.213 e. The molecule has 35 heavy (non-hydrogen) atoms. The van der Waals surface area contributed by atoms with Crippen LogP contribution in [0.4, 0.5) is 0 Å². The van der Waals surface area contributed by atoms with Gasteiger partial charge in [0.1, 0.15) is 13.2 Å². The summed E-state index contributed by atoms with van der Waals surface area (Å²) in [7, 11) is 1.60. The van der Waals surface area contributed by atoms with E-state index in [2.05, 4.69) is 32.3 Å². The van der Waals surface area contributed by atoms with Crippen LogP contribution in [0, 0.1) is 0 Å². The zero-order valence-corrected chi connectivity index (χ0v) is 20.0. The number of fused-ring (bicyclic) bond motifs is 4. The van der Waals surface area contributed by atoms with E-state index in [9.17, 15) is 5.11 Å². The van der Waals surface area contributed by atoms with Crippen molar-refractivity contribution in [2.24, 2.45) is 0 Å².